The van der Waals surface area contributed by atoms with Crippen LogP contribution in [0.5, 0.6) is 0 Å². The topological polar surface area (TPSA) is 71.0 Å². The van der Waals surface area contributed by atoms with Gasteiger partial charge in [0.1, 0.15) is 4.90 Å². The molecule has 1 unspecified atom stereocenters. The molecule has 2 aromatic carbocycles. The van der Waals surface area contributed by atoms with Crippen molar-refractivity contribution < 1.29 is 13.9 Å². The molecule has 1 aromatic heterocycles. The number of fused-ring (bicyclic) bond motifs is 5. The van der Waals surface area contributed by atoms with Crippen LogP contribution in [0, 0.1) is 10.4 Å². The van der Waals surface area contributed by atoms with Crippen LogP contribution < -0.4 is 9.69 Å². The van der Waals surface area contributed by atoms with Crippen LogP contribution in [0.1, 0.15) is 0 Å². The van der Waals surface area contributed by atoms with Gasteiger partial charge in [0.05, 0.1) is 36.3 Å². The zero-order valence-corrected chi connectivity index (χ0v) is 11.0. The van der Waals surface area contributed by atoms with Gasteiger partial charge < -0.3 is 10.4 Å². The second kappa shape index (κ2) is 3.77. The quantitative estimate of drug-likeness (QED) is 0.360. The van der Waals surface area contributed by atoms with Gasteiger partial charge in [-0.3, -0.25) is 0 Å². The van der Waals surface area contributed by atoms with E-state index < -0.39 is 10.8 Å². The molecule has 1 aliphatic heterocycles. The molecule has 5 nitrogen and oxygen atoms in total. The Labute approximate surface area is 116 Å². The summed E-state index contributed by atoms with van der Waals surface area (Å²) in [5, 5.41) is 24.8. The van der Waals surface area contributed by atoms with E-state index in [4.69, 9.17) is 0 Å². The van der Waals surface area contributed by atoms with E-state index in [0.717, 1.165) is 0 Å². The molecule has 1 atom stereocenters. The Morgan fingerprint density at radius 1 is 0.900 bits per heavy atom. The van der Waals surface area contributed by atoms with Crippen molar-refractivity contribution in [1.82, 2.24) is 0 Å². The molecule has 3 aromatic rings. The van der Waals surface area contributed by atoms with Crippen LogP contribution in [-0.2, 0) is 10.8 Å². The molecule has 0 saturated carbocycles. The standard InChI is InChI=1S/C14H8N2O3S/c17-15-11-7-3-1-5-9(11)14-13(16(15)18)10-6-2-4-8-12(10)20(14)19/h1-8H. The summed E-state index contributed by atoms with van der Waals surface area (Å²) >= 11 is 0. The molecule has 0 spiro atoms. The van der Waals surface area contributed by atoms with E-state index in [1.165, 1.54) is 0 Å². The number of hydrogen-bond acceptors (Lipinski definition) is 3. The third-order valence-electron chi connectivity index (χ3n) is 3.45. The van der Waals surface area contributed by atoms with Gasteiger partial charge in [0.25, 0.3) is 5.52 Å². The maximum Gasteiger partial charge on any atom is 0.313 e. The fourth-order valence-corrected chi connectivity index (χ4v) is 4.11. The molecule has 6 heteroatoms. The lowest BCUT2D eigenvalue weighted by Crippen LogP contribution is -2.62. The lowest BCUT2D eigenvalue weighted by Gasteiger charge is -2.05. The number of para-hydroxylation sites is 1. The van der Waals surface area contributed by atoms with E-state index in [0.29, 0.717) is 25.6 Å². The molecule has 0 amide bonds. The first kappa shape index (κ1) is 11.4. The molecule has 0 aliphatic carbocycles. The van der Waals surface area contributed by atoms with Crippen molar-refractivity contribution in [2.24, 2.45) is 0 Å². The minimum atomic E-state index is -1.44. The van der Waals surface area contributed by atoms with Crippen molar-refractivity contribution in [1.29, 1.82) is 0 Å². The minimum absolute atomic E-state index is 0.188. The molecule has 20 heavy (non-hydrogen) atoms. The largest absolute Gasteiger partial charge is 0.561 e. The first-order valence-corrected chi connectivity index (χ1v) is 7.14. The summed E-state index contributed by atoms with van der Waals surface area (Å²) in [4.78, 5) is 1.57. The fourth-order valence-electron chi connectivity index (χ4n) is 2.58. The molecule has 4 rings (SSSR count). The van der Waals surface area contributed by atoms with E-state index in [2.05, 4.69) is 0 Å². The summed E-state index contributed by atoms with van der Waals surface area (Å²) in [6.45, 7) is 0. The van der Waals surface area contributed by atoms with Gasteiger partial charge in [-0.05, 0) is 18.2 Å². The predicted octanol–water partition coefficient (Wildman–Crippen LogP) is 1.25. The highest BCUT2D eigenvalue weighted by molar-refractivity contribution is 7.86. The van der Waals surface area contributed by atoms with Crippen molar-refractivity contribution >= 4 is 21.7 Å². The predicted molar refractivity (Wildman–Crippen MR) is 72.0 cm³/mol. The Hall–Kier alpha value is -2.47. The molecule has 0 fully saturated rings. The molecular formula is C14H8N2O3S. The number of nitrogens with zero attached hydrogens (tertiary/aromatic N) is 2. The van der Waals surface area contributed by atoms with Gasteiger partial charge in [0, 0.05) is 6.07 Å². The zero-order valence-electron chi connectivity index (χ0n) is 10.1. The van der Waals surface area contributed by atoms with Gasteiger partial charge in [-0.25, -0.2) is 4.21 Å². The molecule has 0 bridgehead atoms. The second-order valence-electron chi connectivity index (χ2n) is 4.51. The number of aromatic nitrogens is 2. The SMILES string of the molecule is O=S1c2ccccc2-c2c1c1ccccc1[n+]([O-])[n+]2[O-]. The van der Waals surface area contributed by atoms with E-state index in [9.17, 15) is 14.6 Å². The lowest BCUT2D eigenvalue weighted by molar-refractivity contribution is -1.17. The Kier molecular flexibility index (Phi) is 2.14. The van der Waals surface area contributed by atoms with Gasteiger partial charge in [-0.15, -0.1) is 0 Å². The Bertz CT molecular complexity index is 908. The number of benzene rings is 2. The molecular weight excluding hydrogens is 276 g/mol. The normalized spacial score (nSPS) is 16.1. The fraction of sp³-hybridized carbons (Fsp3) is 0. The van der Waals surface area contributed by atoms with Gasteiger partial charge in [-0.1, -0.05) is 24.3 Å². The van der Waals surface area contributed by atoms with Crippen LogP contribution in [0.3, 0.4) is 0 Å². The van der Waals surface area contributed by atoms with Crippen molar-refractivity contribution in [3.63, 3.8) is 0 Å². The molecule has 0 radical (unpaired) electrons. The van der Waals surface area contributed by atoms with Crippen LogP contribution in [0.4, 0.5) is 0 Å². The van der Waals surface area contributed by atoms with E-state index in [1.54, 1.807) is 48.5 Å². The average molecular weight is 284 g/mol. The number of hydrogen-bond donors (Lipinski definition) is 0. The van der Waals surface area contributed by atoms with Crippen LogP contribution in [0.15, 0.2) is 58.3 Å². The Balaban J connectivity index is 2.27. The molecule has 0 saturated heterocycles. The summed E-state index contributed by atoms with van der Waals surface area (Å²) in [5.41, 5.74) is 0.973. The minimum Gasteiger partial charge on any atom is -0.561 e. The van der Waals surface area contributed by atoms with E-state index in [1.807, 2.05) is 0 Å². The average Bonchev–Trinajstić information content (AvgIpc) is 2.79. The molecule has 98 valence electrons. The van der Waals surface area contributed by atoms with Crippen LogP contribution >= 0.6 is 0 Å². The highest BCUT2D eigenvalue weighted by atomic mass is 32.2. The number of rotatable bonds is 0. The summed E-state index contributed by atoms with van der Waals surface area (Å²) in [6.07, 6.45) is 0. The van der Waals surface area contributed by atoms with E-state index in [-0.39, 0.29) is 16.1 Å². The summed E-state index contributed by atoms with van der Waals surface area (Å²) in [6, 6.07) is 13.7. The van der Waals surface area contributed by atoms with Crippen molar-refractivity contribution in [2.45, 2.75) is 9.79 Å². The zero-order chi connectivity index (χ0) is 13.9. The van der Waals surface area contributed by atoms with E-state index >= 15 is 0 Å². The third kappa shape index (κ3) is 1.23. The van der Waals surface area contributed by atoms with Gasteiger partial charge >= 0.3 is 5.69 Å². The summed E-state index contributed by atoms with van der Waals surface area (Å²) in [5.74, 6) is 0. The van der Waals surface area contributed by atoms with Crippen LogP contribution in [0.25, 0.3) is 22.2 Å². The summed E-state index contributed by atoms with van der Waals surface area (Å²) < 4.78 is 12.6. The highest BCUT2D eigenvalue weighted by Crippen LogP contribution is 2.40. The van der Waals surface area contributed by atoms with Gasteiger partial charge in [0.15, 0.2) is 0 Å². The highest BCUT2D eigenvalue weighted by Gasteiger charge is 2.39. The van der Waals surface area contributed by atoms with Crippen LogP contribution in [-0.4, -0.2) is 4.21 Å². The molecule has 2 heterocycles. The lowest BCUT2D eigenvalue weighted by atomic mass is 10.1. The van der Waals surface area contributed by atoms with Crippen LogP contribution in [0.2, 0.25) is 0 Å². The molecule has 0 N–H and O–H groups in total. The third-order valence-corrected chi connectivity index (χ3v) is 4.99. The maximum atomic E-state index is 12.6. The van der Waals surface area contributed by atoms with Gasteiger partial charge in [-0.2, -0.15) is 0 Å². The van der Waals surface area contributed by atoms with Crippen molar-refractivity contribution in [3.05, 3.63) is 58.9 Å². The second-order valence-corrected chi connectivity index (χ2v) is 5.89. The van der Waals surface area contributed by atoms with Gasteiger partial charge in [0.2, 0.25) is 0 Å². The maximum absolute atomic E-state index is 12.6. The molecule has 1 aliphatic rings. The first-order chi connectivity index (χ1) is 9.70. The van der Waals surface area contributed by atoms with Crippen molar-refractivity contribution in [2.75, 3.05) is 0 Å². The Morgan fingerprint density at radius 2 is 1.60 bits per heavy atom. The monoisotopic (exact) mass is 284 g/mol. The first-order valence-electron chi connectivity index (χ1n) is 5.99. The summed E-state index contributed by atoms with van der Waals surface area (Å²) in [7, 11) is -1.44. The smallest absolute Gasteiger partial charge is 0.313 e. The van der Waals surface area contributed by atoms with Crippen molar-refractivity contribution in [3.8, 4) is 11.3 Å². The Morgan fingerprint density at radius 3 is 2.45 bits per heavy atom.